The Labute approximate surface area is 143 Å². The molecule has 2 aromatic carbocycles. The van der Waals surface area contributed by atoms with E-state index in [0.717, 1.165) is 29.0 Å². The van der Waals surface area contributed by atoms with Gasteiger partial charge in [0.05, 0.1) is 21.5 Å². The first-order valence-corrected chi connectivity index (χ1v) is 8.52. The Bertz CT molecular complexity index is 828. The fraction of sp³-hybridized carbons (Fsp3) is 0.278. The van der Waals surface area contributed by atoms with Crippen molar-refractivity contribution in [2.45, 2.75) is 33.0 Å². The van der Waals surface area contributed by atoms with Gasteiger partial charge in [0.2, 0.25) is 0 Å². The highest BCUT2D eigenvalue weighted by Gasteiger charge is 2.15. The van der Waals surface area contributed by atoms with Crippen molar-refractivity contribution in [3.63, 3.8) is 0 Å². The van der Waals surface area contributed by atoms with Gasteiger partial charge in [-0.15, -0.1) is 0 Å². The van der Waals surface area contributed by atoms with Crippen LogP contribution < -0.4 is 5.32 Å². The molecule has 0 aliphatic rings. The molecule has 0 aliphatic carbocycles. The number of aromatic nitrogens is 2. The number of nitrogens with one attached hydrogen (secondary N) is 1. The van der Waals surface area contributed by atoms with Crippen LogP contribution in [0, 0.1) is 5.82 Å². The van der Waals surface area contributed by atoms with Gasteiger partial charge in [-0.25, -0.2) is 9.37 Å². The van der Waals surface area contributed by atoms with Gasteiger partial charge >= 0.3 is 0 Å². The van der Waals surface area contributed by atoms with Crippen LogP contribution in [0.25, 0.3) is 11.0 Å². The first-order valence-electron chi connectivity index (χ1n) is 7.72. The van der Waals surface area contributed by atoms with E-state index in [9.17, 15) is 4.39 Å². The zero-order chi connectivity index (χ0) is 16.4. The summed E-state index contributed by atoms with van der Waals surface area (Å²) >= 11 is 3.22. The van der Waals surface area contributed by atoms with Gasteiger partial charge in [-0.05, 0) is 59.6 Å². The number of fused-ring (bicyclic) bond motifs is 1. The summed E-state index contributed by atoms with van der Waals surface area (Å²) in [7, 11) is 0. The zero-order valence-electron chi connectivity index (χ0n) is 13.2. The highest BCUT2D eigenvalue weighted by atomic mass is 79.9. The molecule has 3 rings (SSSR count). The molecular formula is C18H19BrFN3. The molecule has 3 nitrogen and oxygen atoms in total. The second-order valence-corrected chi connectivity index (χ2v) is 6.41. The summed E-state index contributed by atoms with van der Waals surface area (Å²) in [5, 5.41) is 3.47. The van der Waals surface area contributed by atoms with Gasteiger partial charge in [0.1, 0.15) is 11.6 Å². The van der Waals surface area contributed by atoms with Gasteiger partial charge in [0.15, 0.2) is 0 Å². The van der Waals surface area contributed by atoms with Crippen molar-refractivity contribution in [2.75, 3.05) is 0 Å². The van der Waals surface area contributed by atoms with Crippen molar-refractivity contribution in [1.29, 1.82) is 0 Å². The summed E-state index contributed by atoms with van der Waals surface area (Å²) in [5.41, 5.74) is 3.20. The molecule has 0 spiro atoms. The smallest absolute Gasteiger partial charge is 0.137 e. The van der Waals surface area contributed by atoms with Crippen LogP contribution in [0.5, 0.6) is 0 Å². The number of halogens is 2. The van der Waals surface area contributed by atoms with Gasteiger partial charge in [-0.3, -0.25) is 0 Å². The molecule has 0 fully saturated rings. The van der Waals surface area contributed by atoms with Crippen LogP contribution >= 0.6 is 15.9 Å². The second-order valence-electron chi connectivity index (χ2n) is 5.55. The highest BCUT2D eigenvalue weighted by molar-refractivity contribution is 9.10. The van der Waals surface area contributed by atoms with E-state index in [2.05, 4.69) is 45.7 Å². The predicted molar refractivity (Wildman–Crippen MR) is 94.8 cm³/mol. The maximum atomic E-state index is 13.3. The fourth-order valence-corrected chi connectivity index (χ4v) is 3.20. The Morgan fingerprint density at radius 2 is 2.04 bits per heavy atom. The summed E-state index contributed by atoms with van der Waals surface area (Å²) in [6.07, 6.45) is 0. The van der Waals surface area contributed by atoms with Crippen LogP contribution in [-0.4, -0.2) is 9.55 Å². The normalized spacial score (nSPS) is 12.7. The van der Waals surface area contributed by atoms with E-state index >= 15 is 0 Å². The van der Waals surface area contributed by atoms with Crippen molar-refractivity contribution >= 4 is 27.0 Å². The second kappa shape index (κ2) is 6.81. The summed E-state index contributed by atoms with van der Waals surface area (Å²) in [6.45, 7) is 5.77. The van der Waals surface area contributed by atoms with Gasteiger partial charge in [-0.2, -0.15) is 0 Å². The molecule has 1 aromatic heterocycles. The molecule has 5 heteroatoms. The molecule has 120 valence electrons. The Morgan fingerprint density at radius 1 is 1.26 bits per heavy atom. The first kappa shape index (κ1) is 16.1. The van der Waals surface area contributed by atoms with Gasteiger partial charge in [0.25, 0.3) is 0 Å². The maximum Gasteiger partial charge on any atom is 0.137 e. The number of nitrogens with zero attached hydrogens (tertiary/aromatic N) is 2. The molecule has 3 aromatic rings. The minimum atomic E-state index is -0.241. The lowest BCUT2D eigenvalue weighted by atomic mass is 10.2. The number of hydrogen-bond acceptors (Lipinski definition) is 2. The molecule has 1 atom stereocenters. The molecule has 0 bridgehead atoms. The minimum absolute atomic E-state index is 0.103. The molecule has 23 heavy (non-hydrogen) atoms. The summed E-state index contributed by atoms with van der Waals surface area (Å²) < 4.78 is 16.0. The van der Waals surface area contributed by atoms with E-state index in [0.29, 0.717) is 11.0 Å². The molecule has 1 unspecified atom stereocenters. The lowest BCUT2D eigenvalue weighted by Crippen LogP contribution is -2.21. The third kappa shape index (κ3) is 3.31. The molecule has 0 aliphatic heterocycles. The van der Waals surface area contributed by atoms with Gasteiger partial charge in [0, 0.05) is 13.1 Å². The third-order valence-corrected chi connectivity index (χ3v) is 4.59. The summed E-state index contributed by atoms with van der Waals surface area (Å²) in [5.74, 6) is 0.782. The van der Waals surface area contributed by atoms with E-state index in [-0.39, 0.29) is 11.9 Å². The average molecular weight is 376 g/mol. The molecule has 0 saturated carbocycles. The third-order valence-electron chi connectivity index (χ3n) is 3.98. The zero-order valence-corrected chi connectivity index (χ0v) is 14.8. The lowest BCUT2D eigenvalue weighted by Gasteiger charge is -2.15. The van der Waals surface area contributed by atoms with Crippen molar-refractivity contribution in [2.24, 2.45) is 0 Å². The lowest BCUT2D eigenvalue weighted by molar-refractivity contribution is 0.521. The first-order chi connectivity index (χ1) is 11.1. The Kier molecular flexibility index (Phi) is 4.78. The molecule has 0 saturated heterocycles. The molecular weight excluding hydrogens is 357 g/mol. The summed E-state index contributed by atoms with van der Waals surface area (Å²) in [6, 6.07) is 13.4. The van der Waals surface area contributed by atoms with Crippen LogP contribution in [0.15, 0.2) is 46.9 Å². The minimum Gasteiger partial charge on any atom is -0.327 e. The van der Waals surface area contributed by atoms with Gasteiger partial charge in [-0.1, -0.05) is 18.2 Å². The molecule has 1 N–H and O–H groups in total. The van der Waals surface area contributed by atoms with Crippen LogP contribution in [0.2, 0.25) is 0 Å². The topological polar surface area (TPSA) is 29.9 Å². The Hall–Kier alpha value is -1.72. The van der Waals surface area contributed by atoms with Crippen LogP contribution in [0.1, 0.15) is 31.3 Å². The average Bonchev–Trinajstić information content (AvgIpc) is 2.94. The SMILES string of the molecule is CCn1c(C(C)NCc2ccc(F)c(Br)c2)nc2ccccc21. The number of imidazole rings is 1. The van der Waals surface area contributed by atoms with Crippen LogP contribution in [-0.2, 0) is 13.1 Å². The van der Waals surface area contributed by atoms with Crippen molar-refractivity contribution < 1.29 is 4.39 Å². The number of para-hydroxylation sites is 2. The number of rotatable bonds is 5. The van der Waals surface area contributed by atoms with Crippen molar-refractivity contribution in [1.82, 2.24) is 14.9 Å². The Balaban J connectivity index is 1.80. The highest BCUT2D eigenvalue weighted by Crippen LogP contribution is 2.22. The van der Waals surface area contributed by atoms with Crippen LogP contribution in [0.4, 0.5) is 4.39 Å². The monoisotopic (exact) mass is 375 g/mol. The fourth-order valence-electron chi connectivity index (χ4n) is 2.77. The largest absolute Gasteiger partial charge is 0.327 e. The van der Waals surface area contributed by atoms with E-state index in [1.54, 1.807) is 12.1 Å². The number of aryl methyl sites for hydroxylation is 1. The van der Waals surface area contributed by atoms with E-state index < -0.39 is 0 Å². The quantitative estimate of drug-likeness (QED) is 0.693. The standard InChI is InChI=1S/C18H19BrFN3/c1-3-23-17-7-5-4-6-16(17)22-18(23)12(2)21-11-13-8-9-15(20)14(19)10-13/h4-10,12,21H,3,11H2,1-2H3. The predicted octanol–water partition coefficient (Wildman–Crippen LogP) is 4.81. The molecule has 0 radical (unpaired) electrons. The summed E-state index contributed by atoms with van der Waals surface area (Å²) in [4.78, 5) is 4.76. The number of hydrogen-bond donors (Lipinski definition) is 1. The van der Waals surface area contributed by atoms with E-state index in [1.807, 2.05) is 18.2 Å². The molecule has 1 heterocycles. The maximum absolute atomic E-state index is 13.3. The Morgan fingerprint density at radius 3 is 2.78 bits per heavy atom. The number of benzene rings is 2. The van der Waals surface area contributed by atoms with Crippen LogP contribution in [0.3, 0.4) is 0 Å². The van der Waals surface area contributed by atoms with E-state index in [1.165, 1.54) is 6.07 Å². The van der Waals surface area contributed by atoms with Crippen molar-refractivity contribution in [3.8, 4) is 0 Å². The van der Waals surface area contributed by atoms with Crippen molar-refractivity contribution in [3.05, 3.63) is 64.1 Å². The molecule has 0 amide bonds. The van der Waals surface area contributed by atoms with Gasteiger partial charge < -0.3 is 9.88 Å². The van der Waals surface area contributed by atoms with E-state index in [4.69, 9.17) is 4.98 Å².